The number of aryl methyl sites for hydroxylation is 2. The van der Waals surface area contributed by atoms with Gasteiger partial charge in [-0.05, 0) is 62.4 Å². The van der Waals surface area contributed by atoms with Crippen LogP contribution in [-0.4, -0.2) is 36.1 Å². The molecule has 1 saturated heterocycles. The largest absolute Gasteiger partial charge is 0.497 e. The molecular formula is C25H26N4O4. The smallest absolute Gasteiger partial charge is 0.270 e. The number of hydrogen-bond donors (Lipinski definition) is 2. The molecule has 1 aliphatic heterocycles. The van der Waals surface area contributed by atoms with Gasteiger partial charge >= 0.3 is 0 Å². The third-order valence-corrected chi connectivity index (χ3v) is 5.76. The summed E-state index contributed by atoms with van der Waals surface area (Å²) in [4.78, 5) is 39.4. The van der Waals surface area contributed by atoms with E-state index in [-0.39, 0.29) is 24.1 Å². The summed E-state index contributed by atoms with van der Waals surface area (Å²) in [7, 11) is 1.57. The van der Waals surface area contributed by atoms with Crippen molar-refractivity contribution < 1.29 is 19.1 Å². The maximum atomic E-state index is 12.8. The van der Waals surface area contributed by atoms with Crippen molar-refractivity contribution in [3.05, 3.63) is 77.6 Å². The van der Waals surface area contributed by atoms with Crippen molar-refractivity contribution in [1.29, 1.82) is 0 Å². The second kappa shape index (κ2) is 9.20. The zero-order valence-corrected chi connectivity index (χ0v) is 18.8. The lowest BCUT2D eigenvalue weighted by atomic mass is 10.1. The molecule has 3 aromatic rings. The van der Waals surface area contributed by atoms with Crippen molar-refractivity contribution in [2.24, 2.45) is 5.92 Å². The van der Waals surface area contributed by atoms with Crippen LogP contribution < -0.4 is 20.4 Å². The lowest BCUT2D eigenvalue weighted by Crippen LogP contribution is -2.28. The summed E-state index contributed by atoms with van der Waals surface area (Å²) in [5, 5.41) is 2.85. The van der Waals surface area contributed by atoms with Crippen molar-refractivity contribution in [2.75, 3.05) is 29.3 Å². The highest BCUT2D eigenvalue weighted by Crippen LogP contribution is 2.28. The number of methoxy groups -OCH3 is 1. The highest BCUT2D eigenvalue weighted by molar-refractivity contribution is 6.04. The molecule has 0 bridgehead atoms. The van der Waals surface area contributed by atoms with Crippen LogP contribution in [0.25, 0.3) is 0 Å². The van der Waals surface area contributed by atoms with E-state index in [1.807, 2.05) is 38.1 Å². The van der Waals surface area contributed by atoms with Gasteiger partial charge in [0.15, 0.2) is 0 Å². The van der Waals surface area contributed by atoms with Gasteiger partial charge in [0, 0.05) is 47.4 Å². The summed E-state index contributed by atoms with van der Waals surface area (Å²) in [6, 6.07) is 17.7. The highest BCUT2D eigenvalue weighted by Gasteiger charge is 2.35. The van der Waals surface area contributed by atoms with Gasteiger partial charge < -0.3 is 15.0 Å². The van der Waals surface area contributed by atoms with E-state index in [4.69, 9.17) is 4.74 Å². The molecule has 33 heavy (non-hydrogen) atoms. The van der Waals surface area contributed by atoms with Crippen LogP contribution >= 0.6 is 0 Å². The molecule has 8 nitrogen and oxygen atoms in total. The quantitative estimate of drug-likeness (QED) is 0.606. The van der Waals surface area contributed by atoms with Crippen LogP contribution in [0.3, 0.4) is 0 Å². The number of nitrogens with one attached hydrogen (secondary N) is 2. The number of aromatic nitrogens is 1. The summed E-state index contributed by atoms with van der Waals surface area (Å²) < 4.78 is 6.95. The lowest BCUT2D eigenvalue weighted by Gasteiger charge is -2.17. The van der Waals surface area contributed by atoms with Crippen LogP contribution in [0.15, 0.2) is 60.7 Å². The van der Waals surface area contributed by atoms with Crippen LogP contribution in [-0.2, 0) is 9.59 Å². The number of amides is 3. The van der Waals surface area contributed by atoms with Gasteiger partial charge in [-0.15, -0.1) is 0 Å². The Labute approximate surface area is 192 Å². The molecule has 170 valence electrons. The average Bonchev–Trinajstić information content (AvgIpc) is 3.36. The van der Waals surface area contributed by atoms with E-state index in [1.54, 1.807) is 53.1 Å². The Hall–Kier alpha value is -4.07. The number of hydrogen-bond acceptors (Lipinski definition) is 4. The Balaban J connectivity index is 1.37. The molecular weight excluding hydrogens is 420 g/mol. The maximum Gasteiger partial charge on any atom is 0.270 e. The zero-order chi connectivity index (χ0) is 23.5. The van der Waals surface area contributed by atoms with Gasteiger partial charge in [-0.3, -0.25) is 24.5 Å². The van der Waals surface area contributed by atoms with Crippen molar-refractivity contribution in [2.45, 2.75) is 20.3 Å². The van der Waals surface area contributed by atoms with Gasteiger partial charge in [-0.2, -0.15) is 0 Å². The monoisotopic (exact) mass is 446 g/mol. The maximum absolute atomic E-state index is 12.8. The number of ether oxygens (including phenoxy) is 1. The predicted molar refractivity (Wildman–Crippen MR) is 126 cm³/mol. The minimum absolute atomic E-state index is 0.106. The van der Waals surface area contributed by atoms with Crippen molar-refractivity contribution in [3.8, 4) is 5.75 Å². The second-order valence-corrected chi connectivity index (χ2v) is 8.07. The van der Waals surface area contributed by atoms with Gasteiger partial charge in [0.1, 0.15) is 5.75 Å². The molecule has 1 fully saturated rings. The summed E-state index contributed by atoms with van der Waals surface area (Å²) in [5.41, 5.74) is 6.46. The van der Waals surface area contributed by atoms with E-state index in [9.17, 15) is 14.4 Å². The Morgan fingerprint density at radius 3 is 2.36 bits per heavy atom. The third kappa shape index (κ3) is 4.74. The first-order valence-corrected chi connectivity index (χ1v) is 10.7. The van der Waals surface area contributed by atoms with Gasteiger partial charge in [0.25, 0.3) is 5.91 Å². The van der Waals surface area contributed by atoms with E-state index in [0.717, 1.165) is 11.4 Å². The topological polar surface area (TPSA) is 92.7 Å². The first kappa shape index (κ1) is 22.1. The first-order chi connectivity index (χ1) is 15.9. The van der Waals surface area contributed by atoms with E-state index in [2.05, 4.69) is 10.7 Å². The molecule has 2 aromatic carbocycles. The Morgan fingerprint density at radius 2 is 1.70 bits per heavy atom. The fourth-order valence-electron chi connectivity index (χ4n) is 3.87. The molecule has 1 aliphatic rings. The van der Waals surface area contributed by atoms with Crippen LogP contribution in [0.2, 0.25) is 0 Å². The van der Waals surface area contributed by atoms with Crippen LogP contribution in [0.4, 0.5) is 11.4 Å². The summed E-state index contributed by atoms with van der Waals surface area (Å²) >= 11 is 0. The van der Waals surface area contributed by atoms with Crippen LogP contribution in [0.5, 0.6) is 5.75 Å². The molecule has 2 N–H and O–H groups in total. The number of carbonyl (C=O) groups is 3. The SMILES string of the molecule is COc1cccc(N2C[C@@H](C(=O)Nc3ccc(C(=O)Nn4c(C)ccc4C)cc3)CC2=O)c1. The minimum atomic E-state index is -0.466. The lowest BCUT2D eigenvalue weighted by molar-refractivity contribution is -0.122. The number of rotatable bonds is 6. The molecule has 3 amide bonds. The second-order valence-electron chi connectivity index (χ2n) is 8.07. The Morgan fingerprint density at radius 1 is 1.00 bits per heavy atom. The third-order valence-electron chi connectivity index (χ3n) is 5.76. The van der Waals surface area contributed by atoms with Gasteiger partial charge in [-0.1, -0.05) is 6.07 Å². The van der Waals surface area contributed by atoms with Crippen LogP contribution in [0, 0.1) is 19.8 Å². The summed E-state index contributed by atoms with van der Waals surface area (Å²) in [5.74, 6) is -0.396. The summed E-state index contributed by atoms with van der Waals surface area (Å²) in [6.45, 7) is 4.12. The van der Waals surface area contributed by atoms with E-state index < -0.39 is 5.92 Å². The van der Waals surface area contributed by atoms with Crippen LogP contribution in [0.1, 0.15) is 28.2 Å². The molecule has 2 heterocycles. The molecule has 0 saturated carbocycles. The standard InChI is InChI=1S/C25H26N4O4/c1-16-7-8-17(2)29(16)27-25(32)18-9-11-20(12-10-18)26-24(31)19-13-23(30)28(15-19)21-5-4-6-22(14-21)33-3/h4-12,14,19H,13,15H2,1-3H3,(H,26,31)(H,27,32)/t19-/m0/s1. The average molecular weight is 447 g/mol. The van der Waals surface area contributed by atoms with Gasteiger partial charge in [-0.25, -0.2) is 0 Å². The van der Waals surface area contributed by atoms with E-state index in [0.29, 0.717) is 29.2 Å². The molecule has 0 spiro atoms. The highest BCUT2D eigenvalue weighted by atomic mass is 16.5. The number of carbonyl (C=O) groups excluding carboxylic acids is 3. The van der Waals surface area contributed by atoms with Crippen molar-refractivity contribution >= 4 is 29.1 Å². The molecule has 4 rings (SSSR count). The molecule has 0 unspecified atom stereocenters. The fourth-order valence-corrected chi connectivity index (χ4v) is 3.87. The molecule has 1 aromatic heterocycles. The van der Waals surface area contributed by atoms with Gasteiger partial charge in [0.05, 0.1) is 13.0 Å². The number of benzene rings is 2. The Bertz CT molecular complexity index is 1180. The molecule has 8 heteroatoms. The predicted octanol–water partition coefficient (Wildman–Crippen LogP) is 3.49. The molecule has 0 aliphatic carbocycles. The Kier molecular flexibility index (Phi) is 6.17. The van der Waals surface area contributed by atoms with Crippen molar-refractivity contribution in [1.82, 2.24) is 4.68 Å². The summed E-state index contributed by atoms with van der Waals surface area (Å²) in [6.07, 6.45) is 0.138. The molecule has 1 atom stereocenters. The number of nitrogens with zero attached hydrogens (tertiary/aromatic N) is 2. The zero-order valence-electron chi connectivity index (χ0n) is 18.8. The number of anilines is 2. The molecule has 0 radical (unpaired) electrons. The van der Waals surface area contributed by atoms with E-state index >= 15 is 0 Å². The fraction of sp³-hybridized carbons (Fsp3) is 0.240. The van der Waals surface area contributed by atoms with Gasteiger partial charge in [0.2, 0.25) is 11.8 Å². The minimum Gasteiger partial charge on any atom is -0.497 e. The first-order valence-electron chi connectivity index (χ1n) is 10.7. The van der Waals surface area contributed by atoms with Crippen molar-refractivity contribution in [3.63, 3.8) is 0 Å². The van der Waals surface area contributed by atoms with E-state index in [1.165, 1.54) is 0 Å². The normalized spacial score (nSPS) is 15.4.